The number of piperazine rings is 1. The number of piperidine rings is 1. The first-order valence-electron chi connectivity index (χ1n) is 17.8. The highest BCUT2D eigenvalue weighted by Crippen LogP contribution is 2.54. The Balaban J connectivity index is 1.09. The molecule has 12 heteroatoms. The maximum atomic E-state index is 17.2. The molecule has 3 saturated heterocycles. The number of halogens is 2. The van der Waals surface area contributed by atoms with E-state index >= 15 is 8.78 Å². The van der Waals surface area contributed by atoms with Crippen LogP contribution in [0, 0.1) is 28.9 Å². The minimum absolute atomic E-state index is 0.0299. The van der Waals surface area contributed by atoms with Crippen molar-refractivity contribution in [2.75, 3.05) is 44.4 Å². The summed E-state index contributed by atoms with van der Waals surface area (Å²) in [5.74, 6) is 0.902. The SMILES string of the molecule is CCc1c(F)ccc2cc(O)cc(-c3nc4c5c(nc(OCC6(CN7C[C@H]8C[C@H]8[C@@H]7CO)CC6)nc5c3F)N3C[C@@H]5CC[C@@H](N5)[C@@H]3CO4)c12. The molecule has 4 aromatic rings. The molecular formula is C37H40F2N6O4. The molecule has 10 rings (SSSR count). The van der Waals surface area contributed by atoms with Crippen LogP contribution in [-0.2, 0) is 6.42 Å². The highest BCUT2D eigenvalue weighted by molar-refractivity contribution is 6.03. The van der Waals surface area contributed by atoms with Crippen molar-refractivity contribution in [3.05, 3.63) is 41.5 Å². The summed E-state index contributed by atoms with van der Waals surface area (Å²) in [7, 11) is 0. The normalized spacial score (nSPS) is 29.1. The number of aryl methyl sites for hydroxylation is 1. The Morgan fingerprint density at radius 1 is 1.10 bits per heavy atom. The summed E-state index contributed by atoms with van der Waals surface area (Å²) in [6.07, 6.45) is 5.67. The lowest BCUT2D eigenvalue weighted by molar-refractivity contribution is 0.0966. The van der Waals surface area contributed by atoms with E-state index in [-0.39, 0.29) is 70.6 Å². The number of benzene rings is 2. The Bertz CT molecular complexity index is 2030. The summed E-state index contributed by atoms with van der Waals surface area (Å²) in [5.41, 5.74) is 0.600. The maximum Gasteiger partial charge on any atom is 0.319 e. The number of aliphatic hydroxyl groups excluding tert-OH is 1. The number of hydrogen-bond acceptors (Lipinski definition) is 10. The summed E-state index contributed by atoms with van der Waals surface area (Å²) >= 11 is 0. The molecular weight excluding hydrogens is 630 g/mol. The second kappa shape index (κ2) is 10.8. The predicted octanol–water partition coefficient (Wildman–Crippen LogP) is 4.56. The van der Waals surface area contributed by atoms with Gasteiger partial charge in [0.05, 0.1) is 19.3 Å². The number of nitrogens with one attached hydrogen (secondary N) is 1. The molecule has 0 spiro atoms. The summed E-state index contributed by atoms with van der Waals surface area (Å²) in [4.78, 5) is 19.1. The minimum atomic E-state index is -0.700. The van der Waals surface area contributed by atoms with Gasteiger partial charge in [-0.1, -0.05) is 13.0 Å². The van der Waals surface area contributed by atoms with Gasteiger partial charge in [-0.05, 0) is 84.9 Å². The van der Waals surface area contributed by atoms with Gasteiger partial charge in [0, 0.05) is 48.7 Å². The molecule has 6 aliphatic rings. The van der Waals surface area contributed by atoms with E-state index in [2.05, 4.69) is 15.1 Å². The van der Waals surface area contributed by atoms with E-state index in [1.807, 2.05) is 6.92 Å². The Morgan fingerprint density at radius 3 is 2.80 bits per heavy atom. The molecule has 0 amide bonds. The van der Waals surface area contributed by atoms with Gasteiger partial charge in [-0.25, -0.2) is 13.8 Å². The Labute approximate surface area is 282 Å². The van der Waals surface area contributed by atoms with Gasteiger partial charge in [-0.3, -0.25) is 4.90 Å². The number of aromatic hydroxyl groups is 1. The first kappa shape index (κ1) is 30.0. The van der Waals surface area contributed by atoms with E-state index in [0.717, 1.165) is 38.8 Å². The minimum Gasteiger partial charge on any atom is -0.508 e. The number of rotatable bonds is 8. The van der Waals surface area contributed by atoms with Crippen molar-refractivity contribution in [1.29, 1.82) is 0 Å². The number of hydrogen-bond donors (Lipinski definition) is 3. The van der Waals surface area contributed by atoms with Crippen LogP contribution in [0.15, 0.2) is 24.3 Å². The molecule has 2 saturated carbocycles. The van der Waals surface area contributed by atoms with Crippen molar-refractivity contribution < 1.29 is 28.5 Å². The number of likely N-dealkylation sites (tertiary alicyclic amines) is 1. The van der Waals surface area contributed by atoms with Gasteiger partial charge < -0.3 is 29.9 Å². The fourth-order valence-corrected chi connectivity index (χ4v) is 9.46. The van der Waals surface area contributed by atoms with E-state index in [4.69, 9.17) is 24.4 Å². The molecule has 2 bridgehead atoms. The molecule has 6 atom stereocenters. The summed E-state index contributed by atoms with van der Waals surface area (Å²) in [5, 5.41) is 26.0. The molecule has 6 heterocycles. The van der Waals surface area contributed by atoms with Crippen LogP contribution in [0.3, 0.4) is 0 Å². The monoisotopic (exact) mass is 670 g/mol. The molecule has 5 fully saturated rings. The van der Waals surface area contributed by atoms with Gasteiger partial charge in [-0.15, -0.1) is 0 Å². The third-order valence-corrected chi connectivity index (χ3v) is 12.3. The molecule has 49 heavy (non-hydrogen) atoms. The lowest BCUT2D eigenvalue weighted by atomic mass is 9.94. The van der Waals surface area contributed by atoms with Crippen LogP contribution in [0.4, 0.5) is 14.6 Å². The molecule has 2 aromatic heterocycles. The maximum absolute atomic E-state index is 17.2. The van der Waals surface area contributed by atoms with Gasteiger partial charge in [0.2, 0.25) is 5.88 Å². The number of aliphatic hydroxyl groups is 1. The number of phenols is 1. The summed E-state index contributed by atoms with van der Waals surface area (Å²) in [6.45, 7) is 5.33. The molecule has 0 radical (unpaired) electrons. The van der Waals surface area contributed by atoms with E-state index in [0.29, 0.717) is 65.6 Å². The van der Waals surface area contributed by atoms with Gasteiger partial charge in [0.1, 0.15) is 40.6 Å². The number of fused-ring (bicyclic) bond motifs is 7. The third-order valence-electron chi connectivity index (χ3n) is 12.3. The van der Waals surface area contributed by atoms with Gasteiger partial charge in [-0.2, -0.15) is 9.97 Å². The zero-order chi connectivity index (χ0) is 33.2. The predicted molar refractivity (Wildman–Crippen MR) is 179 cm³/mol. The molecule has 10 nitrogen and oxygen atoms in total. The highest BCUT2D eigenvalue weighted by Gasteiger charge is 2.55. The zero-order valence-corrected chi connectivity index (χ0v) is 27.5. The number of nitrogens with zero attached hydrogens (tertiary/aromatic N) is 5. The van der Waals surface area contributed by atoms with Crippen LogP contribution in [0.2, 0.25) is 0 Å². The van der Waals surface area contributed by atoms with Crippen LogP contribution >= 0.6 is 0 Å². The molecule has 2 aromatic carbocycles. The van der Waals surface area contributed by atoms with Crippen molar-refractivity contribution in [3.63, 3.8) is 0 Å². The smallest absolute Gasteiger partial charge is 0.319 e. The number of anilines is 1. The Morgan fingerprint density at radius 2 is 1.98 bits per heavy atom. The number of phenolic OH excluding ortho intramolecular Hbond substituents is 1. The second-order valence-corrected chi connectivity index (χ2v) is 15.3. The van der Waals surface area contributed by atoms with Crippen molar-refractivity contribution in [3.8, 4) is 28.9 Å². The number of aromatic nitrogens is 3. The zero-order valence-electron chi connectivity index (χ0n) is 27.5. The van der Waals surface area contributed by atoms with Crippen LogP contribution in [0.1, 0.15) is 44.6 Å². The van der Waals surface area contributed by atoms with E-state index in [1.54, 1.807) is 12.1 Å². The van der Waals surface area contributed by atoms with E-state index in [1.165, 1.54) is 18.6 Å². The number of ether oxygens (including phenoxy) is 2. The van der Waals surface area contributed by atoms with E-state index in [9.17, 15) is 10.2 Å². The standard InChI is InChI=1S/C37H40F2N6O4/c1-2-22-25(38)5-3-18-9-21(47)11-24(29(18)22)32-31(39)33-30-34(45-13-20-4-6-26(40-20)28(45)15-48-35(30)41-32)43-36(42-33)49-17-37(7-8-37)16-44-12-19-10-23(19)27(44)14-46/h3,5,9,11,19-20,23,26-28,40,46-47H,2,4,6-8,10,12-17H2,1H3/t19-,20+,23-,26-,27+,28+/m1/s1. The van der Waals surface area contributed by atoms with Crippen molar-refractivity contribution >= 4 is 27.5 Å². The highest BCUT2D eigenvalue weighted by atomic mass is 19.1. The first-order valence-corrected chi connectivity index (χ1v) is 17.8. The van der Waals surface area contributed by atoms with Crippen LogP contribution in [-0.4, -0.2) is 93.7 Å². The van der Waals surface area contributed by atoms with Crippen LogP contribution in [0.25, 0.3) is 32.9 Å². The van der Waals surface area contributed by atoms with Gasteiger partial charge >= 0.3 is 6.01 Å². The first-order chi connectivity index (χ1) is 23.8. The van der Waals surface area contributed by atoms with Gasteiger partial charge in [0.25, 0.3) is 0 Å². The third kappa shape index (κ3) is 4.70. The lowest BCUT2D eigenvalue weighted by Gasteiger charge is -2.40. The fourth-order valence-electron chi connectivity index (χ4n) is 9.46. The van der Waals surface area contributed by atoms with Crippen molar-refractivity contribution in [2.45, 2.75) is 69.6 Å². The van der Waals surface area contributed by atoms with Crippen molar-refractivity contribution in [1.82, 2.24) is 25.2 Å². The quantitative estimate of drug-likeness (QED) is 0.246. The van der Waals surface area contributed by atoms with Crippen LogP contribution < -0.4 is 19.7 Å². The largest absolute Gasteiger partial charge is 0.508 e. The Hall–Kier alpha value is -3.87. The van der Waals surface area contributed by atoms with E-state index < -0.39 is 11.6 Å². The van der Waals surface area contributed by atoms with Crippen LogP contribution in [0.5, 0.6) is 17.6 Å². The molecule has 3 N–H and O–H groups in total. The second-order valence-electron chi connectivity index (χ2n) is 15.3. The van der Waals surface area contributed by atoms with Crippen molar-refractivity contribution in [2.24, 2.45) is 17.3 Å². The Kier molecular flexibility index (Phi) is 6.62. The molecule has 2 aliphatic carbocycles. The lowest BCUT2D eigenvalue weighted by Crippen LogP contribution is -2.60. The number of pyridine rings is 1. The summed E-state index contributed by atoms with van der Waals surface area (Å²) < 4.78 is 45.1. The topological polar surface area (TPSA) is 116 Å². The molecule has 256 valence electrons. The fraction of sp³-hybridized carbons (Fsp3) is 0.541. The molecule has 0 unspecified atom stereocenters. The average Bonchev–Trinajstić information content (AvgIpc) is 3.99. The summed E-state index contributed by atoms with van der Waals surface area (Å²) in [6, 6.07) is 6.71. The van der Waals surface area contributed by atoms with Gasteiger partial charge in [0.15, 0.2) is 5.82 Å². The molecule has 4 aliphatic heterocycles. The average molecular weight is 671 g/mol.